The highest BCUT2D eigenvalue weighted by Crippen LogP contribution is 2.25. The maximum Gasteiger partial charge on any atom is 0.269 e. The van der Waals surface area contributed by atoms with Gasteiger partial charge in [-0.15, -0.1) is 11.3 Å². The summed E-state index contributed by atoms with van der Waals surface area (Å²) in [7, 11) is 1.56. The molecule has 0 radical (unpaired) electrons. The second-order valence-electron chi connectivity index (χ2n) is 3.61. The highest BCUT2D eigenvalue weighted by molar-refractivity contribution is 9.08. The highest BCUT2D eigenvalue weighted by atomic mass is 79.9. The van der Waals surface area contributed by atoms with E-state index in [2.05, 4.69) is 21.2 Å². The molecule has 0 saturated carbocycles. The lowest BCUT2D eigenvalue weighted by atomic mass is 10.2. The number of hydrogen-bond acceptors (Lipinski definition) is 3. The van der Waals surface area contributed by atoms with Crippen LogP contribution < -0.4 is 10.1 Å². The van der Waals surface area contributed by atoms with Crippen LogP contribution in [0.3, 0.4) is 0 Å². The molecule has 2 rings (SSSR count). The van der Waals surface area contributed by atoms with E-state index in [0.29, 0.717) is 10.6 Å². The van der Waals surface area contributed by atoms with Gasteiger partial charge in [0.1, 0.15) is 10.6 Å². The van der Waals surface area contributed by atoms with Crippen LogP contribution in [-0.4, -0.2) is 13.0 Å². The molecule has 94 valence electrons. The maximum absolute atomic E-state index is 12.1. The van der Waals surface area contributed by atoms with E-state index >= 15 is 0 Å². The number of anilines is 1. The third-order valence-electron chi connectivity index (χ3n) is 2.39. The van der Waals surface area contributed by atoms with Crippen LogP contribution in [0.5, 0.6) is 5.75 Å². The number of rotatable bonds is 4. The molecule has 0 aliphatic rings. The zero-order chi connectivity index (χ0) is 13.0. The molecule has 0 unspecified atom stereocenters. The van der Waals surface area contributed by atoms with Crippen LogP contribution in [0.25, 0.3) is 0 Å². The van der Waals surface area contributed by atoms with Crippen molar-refractivity contribution in [2.75, 3.05) is 12.4 Å². The van der Waals surface area contributed by atoms with Gasteiger partial charge in [-0.05, 0) is 29.1 Å². The molecule has 3 nitrogen and oxygen atoms in total. The second kappa shape index (κ2) is 6.02. The van der Waals surface area contributed by atoms with E-state index in [1.807, 2.05) is 29.6 Å². The van der Waals surface area contributed by atoms with E-state index in [4.69, 9.17) is 4.74 Å². The summed E-state index contributed by atoms with van der Waals surface area (Å²) in [5, 5.41) is 5.46. The molecule has 0 saturated heterocycles. The Hall–Kier alpha value is -1.33. The lowest BCUT2D eigenvalue weighted by Crippen LogP contribution is -2.11. The fourth-order valence-electron chi connectivity index (χ4n) is 1.54. The molecule has 5 heteroatoms. The standard InChI is InChI=1S/C13H12BrNO2S/c1-17-11-5-6-18-12(11)13(16)15-10-4-2-3-9(7-10)8-14/h2-7H,8H2,1H3,(H,15,16). The summed E-state index contributed by atoms with van der Waals surface area (Å²) in [6.07, 6.45) is 0. The van der Waals surface area contributed by atoms with Crippen molar-refractivity contribution in [3.63, 3.8) is 0 Å². The Morgan fingerprint density at radius 2 is 2.28 bits per heavy atom. The number of carbonyl (C=O) groups is 1. The fraction of sp³-hybridized carbons (Fsp3) is 0.154. The van der Waals surface area contributed by atoms with Gasteiger partial charge in [0.15, 0.2) is 0 Å². The van der Waals surface area contributed by atoms with Crippen molar-refractivity contribution in [1.82, 2.24) is 0 Å². The lowest BCUT2D eigenvalue weighted by molar-refractivity contribution is 0.102. The van der Waals surface area contributed by atoms with Gasteiger partial charge in [-0.1, -0.05) is 28.1 Å². The number of thiophene rings is 1. The minimum absolute atomic E-state index is 0.145. The van der Waals surface area contributed by atoms with Crippen LogP contribution in [0.15, 0.2) is 35.7 Å². The number of benzene rings is 1. The van der Waals surface area contributed by atoms with E-state index < -0.39 is 0 Å². The summed E-state index contributed by atoms with van der Waals surface area (Å²) < 4.78 is 5.13. The van der Waals surface area contributed by atoms with Gasteiger partial charge in [0, 0.05) is 11.0 Å². The molecule has 0 spiro atoms. The third-order valence-corrected chi connectivity index (χ3v) is 3.94. The number of amides is 1. The van der Waals surface area contributed by atoms with Gasteiger partial charge in [0.2, 0.25) is 0 Å². The molecule has 0 fully saturated rings. The van der Waals surface area contributed by atoms with Crippen molar-refractivity contribution < 1.29 is 9.53 Å². The topological polar surface area (TPSA) is 38.3 Å². The van der Waals surface area contributed by atoms with E-state index in [9.17, 15) is 4.79 Å². The van der Waals surface area contributed by atoms with Gasteiger partial charge in [-0.3, -0.25) is 4.79 Å². The summed E-state index contributed by atoms with van der Waals surface area (Å²) in [6.45, 7) is 0. The molecule has 18 heavy (non-hydrogen) atoms. The molecule has 0 bridgehead atoms. The molecule has 0 aliphatic carbocycles. The van der Waals surface area contributed by atoms with Crippen LogP contribution in [0.2, 0.25) is 0 Å². The third kappa shape index (κ3) is 2.91. The van der Waals surface area contributed by atoms with E-state index in [0.717, 1.165) is 16.6 Å². The summed E-state index contributed by atoms with van der Waals surface area (Å²) in [4.78, 5) is 12.6. The minimum atomic E-state index is -0.145. The van der Waals surface area contributed by atoms with Gasteiger partial charge in [0.05, 0.1) is 7.11 Å². The first-order valence-corrected chi connectivity index (χ1v) is 7.32. The first-order valence-electron chi connectivity index (χ1n) is 5.32. The van der Waals surface area contributed by atoms with Gasteiger partial charge in [0.25, 0.3) is 5.91 Å². The fourth-order valence-corrected chi connectivity index (χ4v) is 2.65. The lowest BCUT2D eigenvalue weighted by Gasteiger charge is -2.06. The number of nitrogens with one attached hydrogen (secondary N) is 1. The van der Waals surface area contributed by atoms with Crippen molar-refractivity contribution in [1.29, 1.82) is 0 Å². The number of carbonyl (C=O) groups excluding carboxylic acids is 1. The van der Waals surface area contributed by atoms with Gasteiger partial charge in [-0.25, -0.2) is 0 Å². The van der Waals surface area contributed by atoms with Crippen molar-refractivity contribution in [2.24, 2.45) is 0 Å². The highest BCUT2D eigenvalue weighted by Gasteiger charge is 2.13. The molecule has 0 aliphatic heterocycles. The van der Waals surface area contributed by atoms with Crippen LogP contribution in [0.1, 0.15) is 15.2 Å². The SMILES string of the molecule is COc1ccsc1C(=O)Nc1cccc(CBr)c1. The Morgan fingerprint density at radius 3 is 3.00 bits per heavy atom. The Morgan fingerprint density at radius 1 is 1.44 bits per heavy atom. The summed E-state index contributed by atoms with van der Waals surface area (Å²) in [5.41, 5.74) is 1.90. The van der Waals surface area contributed by atoms with Crippen LogP contribution in [0, 0.1) is 0 Å². The minimum Gasteiger partial charge on any atom is -0.495 e. The Bertz CT molecular complexity index is 553. The Balaban J connectivity index is 2.16. The molecular weight excluding hydrogens is 314 g/mol. The first kappa shape index (κ1) is 13.1. The van der Waals surface area contributed by atoms with Crippen LogP contribution >= 0.6 is 27.3 Å². The summed E-state index contributed by atoms with van der Waals surface area (Å²) >= 11 is 4.75. The first-order chi connectivity index (χ1) is 8.74. The molecular formula is C13H12BrNO2S. The van der Waals surface area contributed by atoms with Crippen LogP contribution in [-0.2, 0) is 5.33 Å². The average molecular weight is 326 g/mol. The van der Waals surface area contributed by atoms with Crippen molar-refractivity contribution in [3.8, 4) is 5.75 Å². The molecule has 1 heterocycles. The average Bonchev–Trinajstić information content (AvgIpc) is 2.87. The van der Waals surface area contributed by atoms with E-state index in [-0.39, 0.29) is 5.91 Å². The number of halogens is 1. The van der Waals surface area contributed by atoms with E-state index in [1.165, 1.54) is 11.3 Å². The zero-order valence-corrected chi connectivity index (χ0v) is 12.2. The van der Waals surface area contributed by atoms with E-state index in [1.54, 1.807) is 13.2 Å². The predicted octanol–water partition coefficient (Wildman–Crippen LogP) is 3.90. The largest absolute Gasteiger partial charge is 0.495 e. The van der Waals surface area contributed by atoms with Crippen molar-refractivity contribution >= 4 is 38.9 Å². The predicted molar refractivity (Wildman–Crippen MR) is 77.9 cm³/mol. The number of methoxy groups -OCH3 is 1. The monoisotopic (exact) mass is 325 g/mol. The molecule has 0 atom stereocenters. The smallest absolute Gasteiger partial charge is 0.269 e. The molecule has 1 N–H and O–H groups in total. The molecule has 2 aromatic rings. The van der Waals surface area contributed by atoms with Crippen molar-refractivity contribution in [2.45, 2.75) is 5.33 Å². The number of hydrogen-bond donors (Lipinski definition) is 1. The van der Waals surface area contributed by atoms with Gasteiger partial charge in [-0.2, -0.15) is 0 Å². The number of ether oxygens (including phenoxy) is 1. The Labute approximate surface area is 118 Å². The summed E-state index contributed by atoms with van der Waals surface area (Å²) in [5.74, 6) is 0.461. The quantitative estimate of drug-likeness (QED) is 0.865. The zero-order valence-electron chi connectivity index (χ0n) is 9.77. The summed E-state index contributed by atoms with van der Waals surface area (Å²) in [6, 6.07) is 9.50. The Kier molecular flexibility index (Phi) is 4.38. The van der Waals surface area contributed by atoms with Gasteiger partial charge < -0.3 is 10.1 Å². The van der Waals surface area contributed by atoms with Crippen LogP contribution in [0.4, 0.5) is 5.69 Å². The number of alkyl halides is 1. The maximum atomic E-state index is 12.1. The van der Waals surface area contributed by atoms with Crippen molar-refractivity contribution in [3.05, 3.63) is 46.2 Å². The van der Waals surface area contributed by atoms with Gasteiger partial charge >= 0.3 is 0 Å². The normalized spacial score (nSPS) is 10.1. The second-order valence-corrected chi connectivity index (χ2v) is 5.08. The molecule has 1 aromatic heterocycles. The molecule has 1 aromatic carbocycles. The molecule has 1 amide bonds.